The van der Waals surface area contributed by atoms with Gasteiger partial charge in [0.05, 0.1) is 4.92 Å². The minimum Gasteiger partial charge on any atom is -0.550 e. The van der Waals surface area contributed by atoms with Crippen molar-refractivity contribution in [2.24, 2.45) is 0 Å². The first kappa shape index (κ1) is 21.6. The van der Waals surface area contributed by atoms with Crippen LogP contribution >= 0.6 is 0 Å². The molecule has 0 aliphatic carbocycles. The Morgan fingerprint density at radius 2 is 1.39 bits per heavy atom. The highest BCUT2D eigenvalue weighted by Gasteiger charge is 2.09. The van der Waals surface area contributed by atoms with Gasteiger partial charge in [-0.05, 0) is 38.2 Å². The van der Waals surface area contributed by atoms with Gasteiger partial charge in [-0.25, -0.2) is 0 Å². The molecule has 0 aliphatic rings. The highest BCUT2D eigenvalue weighted by Crippen LogP contribution is 2.14. The van der Waals surface area contributed by atoms with Gasteiger partial charge in [0.15, 0.2) is 0 Å². The minimum absolute atomic E-state index is 0.109. The Kier molecular flexibility index (Phi) is 14.6. The molecule has 23 heavy (non-hydrogen) atoms. The molecule has 0 fully saturated rings. The van der Waals surface area contributed by atoms with Crippen molar-refractivity contribution in [2.75, 3.05) is 0 Å². The first-order valence-electron chi connectivity index (χ1n) is 9.11. The second kappa shape index (κ2) is 15.5. The molecule has 0 rings (SSSR count). The topological polar surface area (TPSA) is 83.3 Å². The Labute approximate surface area is 140 Å². The van der Waals surface area contributed by atoms with E-state index in [1.54, 1.807) is 6.08 Å². The van der Waals surface area contributed by atoms with Crippen LogP contribution in [0.1, 0.15) is 96.8 Å². The second-order valence-corrected chi connectivity index (χ2v) is 6.15. The fraction of sp³-hybridized carbons (Fsp3) is 0.833. The molecule has 5 nitrogen and oxygen atoms in total. The molecular formula is C18H32NO4-. The van der Waals surface area contributed by atoms with Crippen molar-refractivity contribution in [3.05, 3.63) is 21.9 Å². The lowest BCUT2D eigenvalue weighted by atomic mass is 10.1. The zero-order chi connectivity index (χ0) is 17.3. The van der Waals surface area contributed by atoms with E-state index in [4.69, 9.17) is 0 Å². The number of carbonyl (C=O) groups is 1. The van der Waals surface area contributed by atoms with Crippen LogP contribution in [0.25, 0.3) is 0 Å². The van der Waals surface area contributed by atoms with Crippen LogP contribution in [0, 0.1) is 10.1 Å². The first-order chi connectivity index (χ1) is 11.1. The average molecular weight is 326 g/mol. The van der Waals surface area contributed by atoms with E-state index in [-0.39, 0.29) is 11.3 Å². The summed E-state index contributed by atoms with van der Waals surface area (Å²) in [6.07, 6.45) is 14.5. The molecule has 0 unspecified atom stereocenters. The zero-order valence-electron chi connectivity index (χ0n) is 14.6. The van der Waals surface area contributed by atoms with Crippen molar-refractivity contribution in [1.29, 1.82) is 0 Å². The predicted octanol–water partition coefficient (Wildman–Crippen LogP) is 4.38. The highest BCUT2D eigenvalue weighted by atomic mass is 16.6. The molecule has 0 radical (unpaired) electrons. The Morgan fingerprint density at radius 1 is 0.870 bits per heavy atom. The SMILES string of the molecule is CCCCCCCC/C=C(\CCCCCCCC(=O)[O-])[N+](=O)[O-]. The van der Waals surface area contributed by atoms with Crippen molar-refractivity contribution < 1.29 is 14.8 Å². The van der Waals surface area contributed by atoms with Gasteiger partial charge in [0.1, 0.15) is 0 Å². The van der Waals surface area contributed by atoms with Crippen molar-refractivity contribution in [3.8, 4) is 0 Å². The van der Waals surface area contributed by atoms with E-state index >= 15 is 0 Å². The van der Waals surface area contributed by atoms with Crippen LogP contribution in [-0.2, 0) is 4.79 Å². The summed E-state index contributed by atoms with van der Waals surface area (Å²) >= 11 is 0. The van der Waals surface area contributed by atoms with Crippen molar-refractivity contribution in [1.82, 2.24) is 0 Å². The number of carboxylic acids is 1. The van der Waals surface area contributed by atoms with Crippen molar-refractivity contribution >= 4 is 5.97 Å². The maximum Gasteiger partial charge on any atom is 0.242 e. The number of aliphatic carboxylic acids is 1. The van der Waals surface area contributed by atoms with Gasteiger partial charge in [0.25, 0.3) is 0 Å². The molecule has 134 valence electrons. The maximum absolute atomic E-state index is 11.0. The van der Waals surface area contributed by atoms with E-state index in [1.807, 2.05) is 0 Å². The molecule has 0 heterocycles. The lowest BCUT2D eigenvalue weighted by Gasteiger charge is -2.03. The summed E-state index contributed by atoms with van der Waals surface area (Å²) < 4.78 is 0. The third kappa shape index (κ3) is 15.3. The molecule has 0 aliphatic heterocycles. The van der Waals surface area contributed by atoms with E-state index in [2.05, 4.69) is 6.92 Å². The molecular weight excluding hydrogens is 294 g/mol. The second-order valence-electron chi connectivity index (χ2n) is 6.15. The Balaban J connectivity index is 3.70. The summed E-state index contributed by atoms with van der Waals surface area (Å²) in [4.78, 5) is 21.0. The number of rotatable bonds is 16. The van der Waals surface area contributed by atoms with Crippen molar-refractivity contribution in [3.63, 3.8) is 0 Å². The van der Waals surface area contributed by atoms with Gasteiger partial charge < -0.3 is 9.90 Å². The van der Waals surface area contributed by atoms with E-state index < -0.39 is 5.97 Å². The monoisotopic (exact) mass is 326 g/mol. The van der Waals surface area contributed by atoms with Gasteiger partial charge in [0, 0.05) is 12.4 Å². The van der Waals surface area contributed by atoms with E-state index in [9.17, 15) is 20.0 Å². The molecule has 5 heteroatoms. The fourth-order valence-electron chi connectivity index (χ4n) is 2.57. The number of carbonyl (C=O) groups excluding carboxylic acids is 1. The van der Waals surface area contributed by atoms with Crippen LogP contribution in [0.4, 0.5) is 0 Å². The lowest BCUT2D eigenvalue weighted by Crippen LogP contribution is -2.21. The molecule has 0 saturated heterocycles. The molecule has 0 saturated carbocycles. The smallest absolute Gasteiger partial charge is 0.242 e. The number of nitrogens with zero attached hydrogens (tertiary/aromatic N) is 1. The number of hydrogen-bond donors (Lipinski definition) is 0. The quantitative estimate of drug-likeness (QED) is 0.239. The van der Waals surface area contributed by atoms with Gasteiger partial charge in [-0.3, -0.25) is 10.1 Å². The molecule has 0 amide bonds. The largest absolute Gasteiger partial charge is 0.550 e. The summed E-state index contributed by atoms with van der Waals surface area (Å²) in [5.41, 5.74) is 0.341. The summed E-state index contributed by atoms with van der Waals surface area (Å²) in [5.74, 6) is -1.00. The summed E-state index contributed by atoms with van der Waals surface area (Å²) in [6.45, 7) is 2.19. The van der Waals surface area contributed by atoms with E-state index in [0.717, 1.165) is 44.9 Å². The Morgan fingerprint density at radius 3 is 1.96 bits per heavy atom. The zero-order valence-corrected chi connectivity index (χ0v) is 14.6. The van der Waals surface area contributed by atoms with Crippen LogP contribution in [0.3, 0.4) is 0 Å². The van der Waals surface area contributed by atoms with E-state index in [1.165, 1.54) is 25.7 Å². The summed E-state index contributed by atoms with van der Waals surface area (Å²) in [6, 6.07) is 0. The number of nitro groups is 1. The number of carboxylic acid groups (broad SMARTS) is 1. The third-order valence-electron chi connectivity index (χ3n) is 3.99. The number of allylic oxidation sites excluding steroid dienone is 2. The predicted molar refractivity (Wildman–Crippen MR) is 90.4 cm³/mol. The Bertz CT molecular complexity index is 353. The maximum atomic E-state index is 11.0. The summed E-state index contributed by atoms with van der Waals surface area (Å²) in [5, 5.41) is 21.3. The molecule has 0 aromatic carbocycles. The fourth-order valence-corrected chi connectivity index (χ4v) is 2.57. The van der Waals surface area contributed by atoms with Gasteiger partial charge in [-0.2, -0.15) is 0 Å². The molecule has 0 atom stereocenters. The lowest BCUT2D eigenvalue weighted by molar-refractivity contribution is -0.428. The van der Waals surface area contributed by atoms with Gasteiger partial charge >= 0.3 is 0 Å². The normalized spacial score (nSPS) is 11.6. The first-order valence-corrected chi connectivity index (χ1v) is 9.11. The highest BCUT2D eigenvalue weighted by molar-refractivity contribution is 5.63. The van der Waals surface area contributed by atoms with Gasteiger partial charge in [-0.15, -0.1) is 0 Å². The van der Waals surface area contributed by atoms with Crippen molar-refractivity contribution in [2.45, 2.75) is 96.8 Å². The van der Waals surface area contributed by atoms with Crippen LogP contribution in [0.5, 0.6) is 0 Å². The summed E-state index contributed by atoms with van der Waals surface area (Å²) in [7, 11) is 0. The van der Waals surface area contributed by atoms with Crippen LogP contribution in [0.2, 0.25) is 0 Å². The number of hydrogen-bond acceptors (Lipinski definition) is 4. The van der Waals surface area contributed by atoms with E-state index in [0.29, 0.717) is 18.5 Å². The molecule has 0 spiro atoms. The van der Waals surface area contributed by atoms with Gasteiger partial charge in [0.2, 0.25) is 5.70 Å². The molecule has 0 aromatic heterocycles. The van der Waals surface area contributed by atoms with Crippen LogP contribution in [0.15, 0.2) is 11.8 Å². The molecule has 0 aromatic rings. The number of unbranched alkanes of at least 4 members (excludes halogenated alkanes) is 10. The standard InChI is InChI=1S/C18H33NO4/c1-2-3-4-5-6-8-11-14-17(19(22)23)15-12-9-7-10-13-16-18(20)21/h14H,2-13,15-16H2,1H3,(H,20,21)/p-1/b17-14+. The Hall–Kier alpha value is -1.39. The third-order valence-corrected chi connectivity index (χ3v) is 3.99. The van der Waals surface area contributed by atoms with Gasteiger partial charge in [-0.1, -0.05) is 58.3 Å². The minimum atomic E-state index is -1.00. The van der Waals surface area contributed by atoms with Crippen LogP contribution < -0.4 is 5.11 Å². The molecule has 0 N–H and O–H groups in total. The molecule has 0 bridgehead atoms. The van der Waals surface area contributed by atoms with Crippen LogP contribution in [-0.4, -0.2) is 10.9 Å². The average Bonchev–Trinajstić information content (AvgIpc) is 2.50.